The number of benzene rings is 2. The Morgan fingerprint density at radius 2 is 1.92 bits per heavy atom. The van der Waals surface area contributed by atoms with Gasteiger partial charge in [0.15, 0.2) is 11.5 Å². The Bertz CT molecular complexity index is 1740. The predicted molar refractivity (Wildman–Crippen MR) is 175 cm³/mol. The zero-order valence-electron chi connectivity index (χ0n) is 26.4. The molecule has 0 bridgehead atoms. The van der Waals surface area contributed by atoms with Crippen molar-refractivity contribution in [1.82, 2.24) is 20.7 Å². The lowest BCUT2D eigenvalue weighted by atomic mass is 9.80. The molecule has 13 heteroatoms. The van der Waals surface area contributed by atoms with E-state index in [1.165, 1.54) is 6.07 Å². The number of amides is 1. The number of nitrogens with one attached hydrogen (secondary N) is 2. The number of hydrogen-bond acceptors (Lipinski definition) is 8. The monoisotopic (exact) mass is 700 g/mol. The largest absolute Gasteiger partial charge is 0.486 e. The second-order valence-corrected chi connectivity index (χ2v) is 13.4. The summed E-state index contributed by atoms with van der Waals surface area (Å²) in [6.07, 6.45) is 6.15. The number of hydrogen-bond donors (Lipinski definition) is 2. The Hall–Kier alpha value is -3.64. The molecule has 7 rings (SSSR count). The highest BCUT2D eigenvalue weighted by molar-refractivity contribution is 6.33. The molecular weight excluding hydrogens is 665 g/mol. The average molecular weight is 702 g/mol. The van der Waals surface area contributed by atoms with E-state index in [1.54, 1.807) is 13.3 Å². The number of dihydropyridines is 1. The van der Waals surface area contributed by atoms with Crippen LogP contribution < -0.4 is 15.4 Å². The summed E-state index contributed by atoms with van der Waals surface area (Å²) < 4.78 is 50.7. The van der Waals surface area contributed by atoms with Crippen LogP contribution in [0.25, 0.3) is 11.3 Å². The van der Waals surface area contributed by atoms with Crippen LogP contribution in [0.1, 0.15) is 49.3 Å². The van der Waals surface area contributed by atoms with Gasteiger partial charge in [-0.05, 0) is 68.0 Å². The summed E-state index contributed by atoms with van der Waals surface area (Å²) in [7, 11) is 1.68. The number of epoxide rings is 1. The number of ether oxygens (including phenoxy) is 3. The second-order valence-electron chi connectivity index (χ2n) is 12.6. The molecule has 3 fully saturated rings. The lowest BCUT2D eigenvalue weighted by molar-refractivity contribution is -0.136. The van der Waals surface area contributed by atoms with E-state index < -0.39 is 17.4 Å². The number of halogens is 4. The van der Waals surface area contributed by atoms with E-state index in [-0.39, 0.29) is 46.7 Å². The normalized spacial score (nSPS) is 23.1. The summed E-state index contributed by atoms with van der Waals surface area (Å²) in [6.45, 7) is 2.48. The molecule has 1 aliphatic carbocycles. The van der Waals surface area contributed by atoms with Gasteiger partial charge in [-0.1, -0.05) is 40.5 Å². The third-order valence-corrected chi connectivity index (χ3v) is 10.1. The highest BCUT2D eigenvalue weighted by atomic mass is 35.5. The highest BCUT2D eigenvalue weighted by Gasteiger charge is 2.56. The number of nitrogens with zero attached hydrogens (tertiary/aromatic N) is 2. The number of methoxy groups -OCH3 is 1. The summed E-state index contributed by atoms with van der Waals surface area (Å²) in [5.41, 5.74) is 1.29. The molecule has 0 spiro atoms. The van der Waals surface area contributed by atoms with E-state index in [2.05, 4.69) is 15.8 Å². The van der Waals surface area contributed by atoms with E-state index in [9.17, 15) is 13.6 Å². The third-order valence-electron chi connectivity index (χ3n) is 9.42. The Morgan fingerprint density at radius 1 is 1.12 bits per heavy atom. The predicted octanol–water partition coefficient (Wildman–Crippen LogP) is 6.63. The van der Waals surface area contributed by atoms with Gasteiger partial charge in [-0.25, -0.2) is 8.78 Å². The molecule has 3 atom stereocenters. The topological polar surface area (TPSA) is 101 Å². The van der Waals surface area contributed by atoms with Crippen LogP contribution in [0.15, 0.2) is 69.6 Å². The number of carbonyl (C=O) groups is 1. The van der Waals surface area contributed by atoms with E-state index >= 15 is 0 Å². The summed E-state index contributed by atoms with van der Waals surface area (Å²) in [4.78, 5) is 16.3. The molecule has 9 nitrogen and oxygen atoms in total. The first-order chi connectivity index (χ1) is 23.3. The Kier molecular flexibility index (Phi) is 9.39. The second kappa shape index (κ2) is 13.7. The maximum absolute atomic E-state index is 14.3. The summed E-state index contributed by atoms with van der Waals surface area (Å²) in [5, 5.41) is 10.8. The van der Waals surface area contributed by atoms with Crippen molar-refractivity contribution in [2.45, 2.75) is 56.4 Å². The molecule has 48 heavy (non-hydrogen) atoms. The van der Waals surface area contributed by atoms with Crippen LogP contribution in [0.4, 0.5) is 8.78 Å². The maximum atomic E-state index is 14.3. The minimum Gasteiger partial charge on any atom is -0.486 e. The van der Waals surface area contributed by atoms with Crippen LogP contribution >= 0.6 is 23.2 Å². The van der Waals surface area contributed by atoms with Crippen LogP contribution in [0.2, 0.25) is 5.02 Å². The number of carbonyl (C=O) groups excluding carboxylic acids is 1. The molecule has 2 N–H and O–H groups in total. The standard InChI is InChI=1S/C35H36Cl2F2N4O5/c1-45-14-2-12-35-33(47-35)26(27(36)17-41-35)18-43(21-5-6-21)34(44)25-16-40-13-11-24(25)20-3-7-22(8-4-20)46-19-23-15-30(42-48-23)31-28(38)9-10-29(39)32(31)37/h3-4,7-10,15,17,21,24-25,40-41H,2,5-6,11-14,16,18-19H2,1H3/t24-,25+,35?/m1/s1. The fourth-order valence-corrected chi connectivity index (χ4v) is 7.12. The quantitative estimate of drug-likeness (QED) is 0.117. The minimum atomic E-state index is -0.749. The van der Waals surface area contributed by atoms with Crippen molar-refractivity contribution in [3.05, 3.63) is 93.0 Å². The van der Waals surface area contributed by atoms with Crippen molar-refractivity contribution < 1.29 is 32.3 Å². The van der Waals surface area contributed by atoms with Gasteiger partial charge in [0, 0.05) is 50.6 Å². The zero-order valence-corrected chi connectivity index (χ0v) is 27.9. The maximum Gasteiger partial charge on any atom is 0.238 e. The molecule has 0 radical (unpaired) electrons. The molecule has 2 saturated heterocycles. The van der Waals surface area contributed by atoms with Crippen molar-refractivity contribution in [3.63, 3.8) is 0 Å². The van der Waals surface area contributed by atoms with Gasteiger partial charge in [0.25, 0.3) is 0 Å². The lowest BCUT2D eigenvalue weighted by Gasteiger charge is -2.36. The molecule has 2 aromatic carbocycles. The van der Waals surface area contributed by atoms with Crippen LogP contribution in [0.3, 0.4) is 0 Å². The van der Waals surface area contributed by atoms with Gasteiger partial charge in [-0.2, -0.15) is 0 Å². The first kappa shape index (κ1) is 32.9. The van der Waals surface area contributed by atoms with Crippen LogP contribution in [-0.4, -0.2) is 61.1 Å². The van der Waals surface area contributed by atoms with Crippen molar-refractivity contribution in [1.29, 1.82) is 0 Å². The SMILES string of the molecule is COCCCC12NC=C(Cl)C(CN(C(=O)[C@H]3CNCC[C@@H]3c3ccc(OCc4cc(-c5c(F)ccc(F)c5Cl)no4)cc3)C3CC3)=C1O2. The van der Waals surface area contributed by atoms with Gasteiger partial charge < -0.3 is 34.3 Å². The van der Waals surface area contributed by atoms with E-state index in [1.807, 2.05) is 29.2 Å². The van der Waals surface area contributed by atoms with Crippen LogP contribution in [-0.2, 0) is 20.9 Å². The van der Waals surface area contributed by atoms with Crippen molar-refractivity contribution >= 4 is 29.1 Å². The Balaban J connectivity index is 1.02. The molecular formula is C35H36Cl2F2N4O5. The van der Waals surface area contributed by atoms with Gasteiger partial charge in [0.2, 0.25) is 11.6 Å². The molecule has 3 aliphatic heterocycles. The van der Waals surface area contributed by atoms with Crippen molar-refractivity contribution in [2.75, 3.05) is 33.4 Å². The van der Waals surface area contributed by atoms with Gasteiger partial charge in [0.1, 0.15) is 29.7 Å². The highest BCUT2D eigenvalue weighted by Crippen LogP contribution is 2.50. The summed E-state index contributed by atoms with van der Waals surface area (Å²) >= 11 is 12.6. The van der Waals surface area contributed by atoms with E-state index in [4.69, 9.17) is 41.9 Å². The number of fused-ring (bicyclic) bond motifs is 1. The smallest absolute Gasteiger partial charge is 0.238 e. The minimum absolute atomic E-state index is 0.0213. The molecule has 1 unspecified atom stereocenters. The molecule has 4 aliphatic rings. The zero-order chi connectivity index (χ0) is 33.4. The average Bonchev–Trinajstić information content (AvgIpc) is 4.02. The van der Waals surface area contributed by atoms with Gasteiger partial charge in [0.05, 0.1) is 28.1 Å². The fourth-order valence-electron chi connectivity index (χ4n) is 6.67. The number of aromatic nitrogens is 1. The Labute approximate surface area is 287 Å². The number of piperidine rings is 1. The summed E-state index contributed by atoms with van der Waals surface area (Å²) in [6, 6.07) is 11.3. The molecule has 1 aromatic heterocycles. The van der Waals surface area contributed by atoms with Gasteiger partial charge in [-0.15, -0.1) is 0 Å². The molecule has 4 heterocycles. The number of rotatable bonds is 13. The lowest BCUT2D eigenvalue weighted by Crippen LogP contribution is -2.48. The molecule has 1 saturated carbocycles. The first-order valence-electron chi connectivity index (χ1n) is 16.2. The molecule has 3 aromatic rings. The van der Waals surface area contributed by atoms with E-state index in [0.717, 1.165) is 67.7 Å². The Morgan fingerprint density at radius 3 is 2.69 bits per heavy atom. The molecule has 254 valence electrons. The van der Waals surface area contributed by atoms with Crippen LogP contribution in [0.5, 0.6) is 5.75 Å². The van der Waals surface area contributed by atoms with Crippen molar-refractivity contribution in [2.24, 2.45) is 5.92 Å². The van der Waals surface area contributed by atoms with E-state index in [0.29, 0.717) is 36.2 Å². The molecule has 1 amide bonds. The van der Waals surface area contributed by atoms with Gasteiger partial charge in [-0.3, -0.25) is 4.79 Å². The summed E-state index contributed by atoms with van der Waals surface area (Å²) in [5.74, 6) is 0.182. The third kappa shape index (κ3) is 6.65. The van der Waals surface area contributed by atoms with Crippen LogP contribution in [0, 0.1) is 17.6 Å². The fraction of sp³-hybridized carbons (Fsp3) is 0.429. The van der Waals surface area contributed by atoms with Crippen molar-refractivity contribution in [3.8, 4) is 17.0 Å². The van der Waals surface area contributed by atoms with Gasteiger partial charge >= 0.3 is 0 Å². The first-order valence-corrected chi connectivity index (χ1v) is 16.9.